The van der Waals surface area contributed by atoms with Gasteiger partial charge in [0.1, 0.15) is 6.61 Å². The van der Waals surface area contributed by atoms with Crippen LogP contribution < -0.4 is 0 Å². The molecular formula is C40H52O22. The van der Waals surface area contributed by atoms with Crippen molar-refractivity contribution in [2.45, 2.75) is 150 Å². The first-order valence-electron chi connectivity index (χ1n) is 19.1. The van der Waals surface area contributed by atoms with E-state index in [0.717, 1.165) is 55.4 Å². The highest BCUT2D eigenvalue weighted by Gasteiger charge is 2.34. The SMILES string of the molecule is CCC(=O)O[C@@H](C)C(=O)O[C@@H](C)C(=O)O[C@@H](C)C(=O)O[C@@H](C)C(=O)O[C@@H](C)C(=O)O[C@@H](C)C(=O)O[C@@H](C)C(=O)O[C@@H](C)C(=O)O[C@@H](C)C(=O)O[C@@H](C)C(=O)OCc1ccccc1. The third-order valence-electron chi connectivity index (χ3n) is 7.78. The van der Waals surface area contributed by atoms with Gasteiger partial charge in [0.25, 0.3) is 0 Å². The van der Waals surface area contributed by atoms with E-state index in [2.05, 4.69) is 0 Å². The average molecular weight is 885 g/mol. The molecule has 1 rings (SSSR count). The lowest BCUT2D eigenvalue weighted by Crippen LogP contribution is -2.40. The normalized spacial score (nSPS) is 15.5. The van der Waals surface area contributed by atoms with Gasteiger partial charge in [-0.1, -0.05) is 37.3 Å². The van der Waals surface area contributed by atoms with Crippen LogP contribution >= 0.6 is 0 Å². The molecule has 0 fully saturated rings. The zero-order chi connectivity index (χ0) is 47.4. The summed E-state index contributed by atoms with van der Waals surface area (Å²) < 4.78 is 54.3. The van der Waals surface area contributed by atoms with Crippen LogP contribution in [0.25, 0.3) is 0 Å². The molecule has 10 atom stereocenters. The first-order chi connectivity index (χ1) is 28.9. The Balaban J connectivity index is 2.52. The van der Waals surface area contributed by atoms with Gasteiger partial charge in [-0.3, -0.25) is 4.79 Å². The van der Waals surface area contributed by atoms with E-state index in [1.807, 2.05) is 0 Å². The lowest BCUT2D eigenvalue weighted by molar-refractivity contribution is -0.190. The van der Waals surface area contributed by atoms with Crippen molar-refractivity contribution >= 4 is 65.7 Å². The number of hydrogen-bond acceptors (Lipinski definition) is 22. The van der Waals surface area contributed by atoms with Gasteiger partial charge < -0.3 is 52.1 Å². The van der Waals surface area contributed by atoms with Crippen molar-refractivity contribution in [2.24, 2.45) is 0 Å². The summed E-state index contributed by atoms with van der Waals surface area (Å²) in [6.45, 7) is 12.7. The Bertz CT molecular complexity index is 1770. The van der Waals surface area contributed by atoms with E-state index < -0.39 is 127 Å². The molecule has 0 aliphatic rings. The second kappa shape index (κ2) is 25.9. The summed E-state index contributed by atoms with van der Waals surface area (Å²) in [6.07, 6.45) is -15.6. The smallest absolute Gasteiger partial charge is 0.347 e. The summed E-state index contributed by atoms with van der Waals surface area (Å²) in [7, 11) is 0. The molecule has 0 amide bonds. The fourth-order valence-electron chi connectivity index (χ4n) is 4.04. The summed E-state index contributed by atoms with van der Waals surface area (Å²) >= 11 is 0. The maximum absolute atomic E-state index is 12.5. The number of carbonyl (C=O) groups is 11. The van der Waals surface area contributed by atoms with Crippen LogP contribution in [-0.2, 0) is 111 Å². The Hall–Kier alpha value is -6.61. The van der Waals surface area contributed by atoms with Crippen LogP contribution in [0, 0.1) is 0 Å². The summed E-state index contributed by atoms with van der Waals surface area (Å²) in [5.74, 6) is -12.3. The molecule has 0 aliphatic carbocycles. The number of carbonyl (C=O) groups excluding carboxylic acids is 11. The number of ether oxygens (including phenoxy) is 11. The van der Waals surface area contributed by atoms with Gasteiger partial charge in [0, 0.05) is 6.42 Å². The van der Waals surface area contributed by atoms with E-state index in [1.54, 1.807) is 30.3 Å². The van der Waals surface area contributed by atoms with Crippen LogP contribution in [-0.4, -0.2) is 127 Å². The molecule has 344 valence electrons. The zero-order valence-corrected chi connectivity index (χ0v) is 36.1. The predicted octanol–water partition coefficient (Wildman–Crippen LogP) is 1.46. The van der Waals surface area contributed by atoms with Crippen molar-refractivity contribution in [3.63, 3.8) is 0 Å². The molecule has 0 heterocycles. The second-order valence-corrected chi connectivity index (χ2v) is 13.3. The Morgan fingerprint density at radius 3 is 0.774 bits per heavy atom. The van der Waals surface area contributed by atoms with Gasteiger partial charge in [-0.15, -0.1) is 0 Å². The van der Waals surface area contributed by atoms with E-state index in [4.69, 9.17) is 52.1 Å². The van der Waals surface area contributed by atoms with Crippen LogP contribution in [0.2, 0.25) is 0 Å². The Labute approximate surface area is 356 Å². The van der Waals surface area contributed by atoms with Gasteiger partial charge in [0.15, 0.2) is 61.0 Å². The third kappa shape index (κ3) is 18.8. The molecule has 1 aromatic carbocycles. The molecule has 0 spiro atoms. The number of esters is 11. The van der Waals surface area contributed by atoms with E-state index >= 15 is 0 Å². The monoisotopic (exact) mass is 884 g/mol. The molecule has 0 aliphatic heterocycles. The predicted molar refractivity (Wildman–Crippen MR) is 202 cm³/mol. The number of benzene rings is 1. The largest absolute Gasteiger partial charge is 0.458 e. The Kier molecular flexibility index (Phi) is 22.3. The molecule has 0 radical (unpaired) electrons. The highest BCUT2D eigenvalue weighted by Crippen LogP contribution is 2.12. The molecule has 0 N–H and O–H groups in total. The molecule has 1 aromatic rings. The molecule has 0 saturated carbocycles. The molecule has 0 unspecified atom stereocenters. The summed E-state index contributed by atoms with van der Waals surface area (Å²) in [6, 6.07) is 8.73. The average Bonchev–Trinajstić information content (AvgIpc) is 3.22. The van der Waals surface area contributed by atoms with Crippen molar-refractivity contribution in [2.75, 3.05) is 0 Å². The van der Waals surface area contributed by atoms with Gasteiger partial charge in [-0.05, 0) is 74.8 Å². The maximum atomic E-state index is 12.5. The number of rotatable bonds is 23. The maximum Gasteiger partial charge on any atom is 0.347 e. The van der Waals surface area contributed by atoms with Crippen LogP contribution in [0.3, 0.4) is 0 Å². The molecule has 22 nitrogen and oxygen atoms in total. The number of hydrogen-bond donors (Lipinski definition) is 0. The highest BCUT2D eigenvalue weighted by atomic mass is 16.7. The first-order valence-corrected chi connectivity index (χ1v) is 19.1. The summed E-state index contributed by atoms with van der Waals surface area (Å²) in [4.78, 5) is 135. The van der Waals surface area contributed by atoms with Gasteiger partial charge in [0.2, 0.25) is 0 Å². The van der Waals surface area contributed by atoms with Crippen molar-refractivity contribution in [1.82, 2.24) is 0 Å². The van der Waals surface area contributed by atoms with Gasteiger partial charge in [0.05, 0.1) is 0 Å². The summed E-state index contributed by atoms with van der Waals surface area (Å²) in [5, 5.41) is 0. The van der Waals surface area contributed by atoms with Crippen LogP contribution in [0.1, 0.15) is 88.1 Å². The fraction of sp³-hybridized carbons (Fsp3) is 0.575. The molecule has 0 saturated heterocycles. The molecule has 62 heavy (non-hydrogen) atoms. The third-order valence-corrected chi connectivity index (χ3v) is 7.78. The van der Waals surface area contributed by atoms with Gasteiger partial charge in [-0.25, -0.2) is 47.9 Å². The fourth-order valence-corrected chi connectivity index (χ4v) is 4.04. The standard InChI is InChI=1S/C40H52O22/c1-12-30(41)53-20(3)32(43)55-22(5)34(45)57-24(7)36(47)59-26(9)38(49)61-28(11)40(51)62-27(10)39(50)60-25(8)37(48)58-23(6)35(46)56-21(4)33(44)54-19(2)31(42)52-18-29-16-14-13-15-17-29/h13-17,19-28H,12,18H2,1-11H3/t19-,20-,21-,22-,23-,24-,25-,26-,27-,28-/m0/s1. The van der Waals surface area contributed by atoms with Gasteiger partial charge in [-0.2, -0.15) is 0 Å². The minimum atomic E-state index is -1.67. The van der Waals surface area contributed by atoms with E-state index in [1.165, 1.54) is 20.8 Å². The van der Waals surface area contributed by atoms with Crippen molar-refractivity contribution in [1.29, 1.82) is 0 Å². The first kappa shape index (κ1) is 53.4. The second-order valence-electron chi connectivity index (χ2n) is 13.3. The summed E-state index contributed by atoms with van der Waals surface area (Å²) in [5.41, 5.74) is 0.702. The van der Waals surface area contributed by atoms with Crippen LogP contribution in [0.4, 0.5) is 0 Å². The van der Waals surface area contributed by atoms with E-state index in [0.29, 0.717) is 5.56 Å². The van der Waals surface area contributed by atoms with Crippen molar-refractivity contribution in [3.05, 3.63) is 35.9 Å². The molecule has 0 aromatic heterocycles. The molecule has 22 heteroatoms. The Morgan fingerprint density at radius 1 is 0.339 bits per heavy atom. The van der Waals surface area contributed by atoms with E-state index in [-0.39, 0.29) is 13.0 Å². The lowest BCUT2D eigenvalue weighted by Gasteiger charge is -2.21. The minimum absolute atomic E-state index is 0.00209. The minimum Gasteiger partial charge on any atom is -0.458 e. The zero-order valence-electron chi connectivity index (χ0n) is 36.1. The Morgan fingerprint density at radius 2 is 0.548 bits per heavy atom. The van der Waals surface area contributed by atoms with Crippen molar-refractivity contribution in [3.8, 4) is 0 Å². The van der Waals surface area contributed by atoms with Gasteiger partial charge >= 0.3 is 65.7 Å². The highest BCUT2D eigenvalue weighted by molar-refractivity contribution is 5.88. The topological polar surface area (TPSA) is 289 Å². The van der Waals surface area contributed by atoms with Crippen molar-refractivity contribution < 1.29 is 105 Å². The van der Waals surface area contributed by atoms with Crippen LogP contribution in [0.5, 0.6) is 0 Å². The van der Waals surface area contributed by atoms with E-state index in [9.17, 15) is 52.7 Å². The lowest BCUT2D eigenvalue weighted by atomic mass is 10.2. The molecule has 0 bridgehead atoms. The van der Waals surface area contributed by atoms with Crippen LogP contribution in [0.15, 0.2) is 30.3 Å². The quantitative estimate of drug-likeness (QED) is 0.111. The molecular weight excluding hydrogens is 832 g/mol.